The van der Waals surface area contributed by atoms with E-state index in [0.29, 0.717) is 10.9 Å². The maximum Gasteiger partial charge on any atom is 0.264 e. The zero-order valence-corrected chi connectivity index (χ0v) is 16.4. The molecule has 0 spiro atoms. The molecule has 0 aliphatic heterocycles. The molecule has 0 aromatic heterocycles. The first-order valence-corrected chi connectivity index (χ1v) is 9.96. The Hall–Kier alpha value is -1.81. The van der Waals surface area contributed by atoms with Gasteiger partial charge in [0.05, 0.1) is 6.61 Å². The van der Waals surface area contributed by atoms with Crippen molar-refractivity contribution in [3.63, 3.8) is 0 Å². The van der Waals surface area contributed by atoms with Crippen LogP contribution in [0.15, 0.2) is 48.5 Å². The van der Waals surface area contributed by atoms with E-state index in [9.17, 15) is 9.67 Å². The molecule has 0 saturated carbocycles. The summed E-state index contributed by atoms with van der Waals surface area (Å²) in [5, 5.41) is 11.3. The zero-order valence-electron chi connectivity index (χ0n) is 15.5. The van der Waals surface area contributed by atoms with E-state index in [2.05, 4.69) is 0 Å². The van der Waals surface area contributed by atoms with E-state index in [4.69, 9.17) is 4.52 Å². The Labute approximate surface area is 150 Å². The van der Waals surface area contributed by atoms with Crippen LogP contribution in [0.3, 0.4) is 0 Å². The molecule has 0 radical (unpaired) electrons. The van der Waals surface area contributed by atoms with E-state index < -0.39 is 13.2 Å². The molecule has 136 valence electrons. The lowest BCUT2D eigenvalue weighted by molar-refractivity contribution is 0.218. The van der Waals surface area contributed by atoms with Gasteiger partial charge in [0.15, 0.2) is 5.85 Å². The summed E-state index contributed by atoms with van der Waals surface area (Å²) in [7, 11) is 4.33. The average molecular weight is 362 g/mol. The molecule has 0 bridgehead atoms. The number of hydrogen-bond acceptors (Lipinski definition) is 5. The van der Waals surface area contributed by atoms with Crippen molar-refractivity contribution in [3.8, 4) is 0 Å². The standard InChI is InChI=1S/C19H27N2O3P/c1-6-24-25(23,18-13-11-17(12-14-18)21(4)5)19(22)15-7-9-16(10-8-15)20(2)3/h7-14,19,22H,6H2,1-5H3/t19-,25+/m1/s1. The topological polar surface area (TPSA) is 53.0 Å². The van der Waals surface area contributed by atoms with Crippen molar-refractivity contribution >= 4 is 24.0 Å². The molecule has 0 aliphatic rings. The van der Waals surface area contributed by atoms with E-state index in [1.165, 1.54) is 0 Å². The molecule has 0 unspecified atom stereocenters. The van der Waals surface area contributed by atoms with Crippen LogP contribution in [0.1, 0.15) is 18.3 Å². The molecule has 0 aliphatic carbocycles. The van der Waals surface area contributed by atoms with Crippen molar-refractivity contribution in [1.29, 1.82) is 0 Å². The van der Waals surface area contributed by atoms with Crippen molar-refractivity contribution in [2.45, 2.75) is 12.8 Å². The second kappa shape index (κ2) is 8.05. The molecule has 1 N–H and O–H groups in total. The van der Waals surface area contributed by atoms with Gasteiger partial charge in [-0.2, -0.15) is 0 Å². The predicted molar refractivity (Wildman–Crippen MR) is 105 cm³/mol. The molecule has 0 heterocycles. The summed E-state index contributed by atoms with van der Waals surface area (Å²) < 4.78 is 19.1. The largest absolute Gasteiger partial charge is 0.378 e. The van der Waals surface area contributed by atoms with Gasteiger partial charge in [0.1, 0.15) is 0 Å². The lowest BCUT2D eigenvalue weighted by Gasteiger charge is -2.25. The highest BCUT2D eigenvalue weighted by Gasteiger charge is 2.36. The van der Waals surface area contributed by atoms with Gasteiger partial charge in [-0.1, -0.05) is 12.1 Å². The quantitative estimate of drug-likeness (QED) is 0.765. The summed E-state index contributed by atoms with van der Waals surface area (Å²) in [4.78, 5) is 3.93. The van der Waals surface area contributed by atoms with Gasteiger partial charge in [-0.05, 0) is 48.9 Å². The van der Waals surface area contributed by atoms with Gasteiger partial charge < -0.3 is 19.4 Å². The lowest BCUT2D eigenvalue weighted by Crippen LogP contribution is -2.16. The maximum atomic E-state index is 13.5. The van der Waals surface area contributed by atoms with Gasteiger partial charge >= 0.3 is 0 Å². The molecule has 2 aromatic carbocycles. The fourth-order valence-electron chi connectivity index (χ4n) is 2.58. The number of anilines is 2. The van der Waals surface area contributed by atoms with Crippen LogP contribution in [0.25, 0.3) is 0 Å². The van der Waals surface area contributed by atoms with Gasteiger partial charge in [-0.25, -0.2) is 0 Å². The molecule has 5 nitrogen and oxygen atoms in total. The second-order valence-electron chi connectivity index (χ2n) is 6.29. The van der Waals surface area contributed by atoms with E-state index in [-0.39, 0.29) is 6.61 Å². The first-order chi connectivity index (χ1) is 11.8. The Balaban J connectivity index is 2.38. The fraction of sp³-hybridized carbons (Fsp3) is 0.368. The van der Waals surface area contributed by atoms with Crippen LogP contribution < -0.4 is 15.1 Å². The molecule has 0 amide bonds. The Bertz CT molecular complexity index is 727. The summed E-state index contributed by atoms with van der Waals surface area (Å²) in [5.41, 5.74) is 2.59. The summed E-state index contributed by atoms with van der Waals surface area (Å²) in [6.07, 6.45) is 0. The number of benzene rings is 2. The Morgan fingerprint density at radius 3 is 1.76 bits per heavy atom. The molecule has 25 heavy (non-hydrogen) atoms. The Morgan fingerprint density at radius 2 is 1.36 bits per heavy atom. The third-order valence-electron chi connectivity index (χ3n) is 4.08. The highest BCUT2D eigenvalue weighted by molar-refractivity contribution is 7.67. The highest BCUT2D eigenvalue weighted by atomic mass is 31.2. The minimum absolute atomic E-state index is 0.263. The highest BCUT2D eigenvalue weighted by Crippen LogP contribution is 2.57. The van der Waals surface area contributed by atoms with Crippen LogP contribution in [-0.2, 0) is 9.09 Å². The summed E-state index contributed by atoms with van der Waals surface area (Å²) in [5.74, 6) is -1.20. The first kappa shape index (κ1) is 19.5. The van der Waals surface area contributed by atoms with Crippen LogP contribution in [0.5, 0.6) is 0 Å². The molecule has 2 atom stereocenters. The van der Waals surface area contributed by atoms with Gasteiger partial charge in [0, 0.05) is 44.9 Å². The average Bonchev–Trinajstić information content (AvgIpc) is 2.61. The Morgan fingerprint density at radius 1 is 0.920 bits per heavy atom. The van der Waals surface area contributed by atoms with E-state index in [1.807, 2.05) is 62.3 Å². The maximum absolute atomic E-state index is 13.5. The van der Waals surface area contributed by atoms with Crippen molar-refractivity contribution in [1.82, 2.24) is 0 Å². The smallest absolute Gasteiger partial charge is 0.264 e. The van der Waals surface area contributed by atoms with E-state index in [0.717, 1.165) is 11.4 Å². The third kappa shape index (κ3) is 4.24. The second-order valence-corrected chi connectivity index (χ2v) is 8.74. The van der Waals surface area contributed by atoms with Gasteiger partial charge in [0.2, 0.25) is 0 Å². The number of nitrogens with zero attached hydrogens (tertiary/aromatic N) is 2. The summed E-state index contributed by atoms with van der Waals surface area (Å²) >= 11 is 0. The van der Waals surface area contributed by atoms with Gasteiger partial charge in [-0.15, -0.1) is 0 Å². The Kier molecular flexibility index (Phi) is 6.28. The van der Waals surface area contributed by atoms with E-state index >= 15 is 0 Å². The first-order valence-electron chi connectivity index (χ1n) is 8.27. The van der Waals surface area contributed by atoms with Crippen LogP contribution in [-0.4, -0.2) is 39.9 Å². The predicted octanol–water partition coefficient (Wildman–Crippen LogP) is 3.45. The van der Waals surface area contributed by atoms with Crippen LogP contribution in [0.2, 0.25) is 0 Å². The molecule has 0 fully saturated rings. The number of aliphatic hydroxyl groups excluding tert-OH is 1. The number of aliphatic hydroxyl groups is 1. The third-order valence-corrected chi connectivity index (χ3v) is 6.68. The molecule has 0 saturated heterocycles. The SMILES string of the molecule is CCO[P@@](=O)(c1ccc(N(C)C)cc1)[C@@H](O)c1ccc(N(C)C)cc1. The zero-order chi connectivity index (χ0) is 18.6. The number of rotatable bonds is 7. The van der Waals surface area contributed by atoms with Gasteiger partial charge in [-0.3, -0.25) is 4.57 Å². The van der Waals surface area contributed by atoms with E-state index in [1.54, 1.807) is 31.2 Å². The molecule has 2 rings (SSSR count). The van der Waals surface area contributed by atoms with Crippen molar-refractivity contribution in [3.05, 3.63) is 54.1 Å². The molecule has 6 heteroatoms. The van der Waals surface area contributed by atoms with Crippen LogP contribution in [0.4, 0.5) is 11.4 Å². The van der Waals surface area contributed by atoms with Crippen molar-refractivity contribution in [2.24, 2.45) is 0 Å². The van der Waals surface area contributed by atoms with Crippen molar-refractivity contribution in [2.75, 3.05) is 44.6 Å². The normalized spacial score (nSPS) is 14.6. The summed E-state index contributed by atoms with van der Waals surface area (Å²) in [6.45, 7) is 2.04. The molecule has 2 aromatic rings. The molecular formula is C19H27N2O3P. The van der Waals surface area contributed by atoms with Crippen LogP contribution >= 0.6 is 7.37 Å². The minimum Gasteiger partial charge on any atom is -0.378 e. The van der Waals surface area contributed by atoms with Gasteiger partial charge in [0.25, 0.3) is 7.37 Å². The fourth-order valence-corrected chi connectivity index (χ4v) is 4.66. The molecular weight excluding hydrogens is 335 g/mol. The minimum atomic E-state index is -3.45. The van der Waals surface area contributed by atoms with Crippen LogP contribution in [0, 0.1) is 0 Å². The monoisotopic (exact) mass is 362 g/mol. The number of hydrogen-bond donors (Lipinski definition) is 1. The lowest BCUT2D eigenvalue weighted by atomic mass is 10.2. The summed E-state index contributed by atoms with van der Waals surface area (Å²) in [6, 6.07) is 14.7. The van der Waals surface area contributed by atoms with Crippen molar-refractivity contribution < 1.29 is 14.2 Å².